The highest BCUT2D eigenvalue weighted by Gasteiger charge is 2.42. The molecule has 2 atom stereocenters. The summed E-state index contributed by atoms with van der Waals surface area (Å²) in [4.78, 5) is 12.3. The summed E-state index contributed by atoms with van der Waals surface area (Å²) in [5, 5.41) is 0. The lowest BCUT2D eigenvalue weighted by Gasteiger charge is -2.27. The van der Waals surface area contributed by atoms with Gasteiger partial charge in [-0.1, -0.05) is 29.3 Å². The molecular weight excluding hydrogens is 297 g/mol. The van der Waals surface area contributed by atoms with Crippen molar-refractivity contribution < 1.29 is 9.18 Å². The van der Waals surface area contributed by atoms with E-state index in [9.17, 15) is 9.18 Å². The maximum absolute atomic E-state index is 13.6. The summed E-state index contributed by atoms with van der Waals surface area (Å²) in [5.41, 5.74) is 5.96. The lowest BCUT2D eigenvalue weighted by atomic mass is 9.78. The van der Waals surface area contributed by atoms with Gasteiger partial charge in [0.15, 0.2) is 0 Å². The van der Waals surface area contributed by atoms with Crippen molar-refractivity contribution in [2.45, 2.75) is 38.6 Å². The van der Waals surface area contributed by atoms with Crippen LogP contribution in [0.1, 0.15) is 31.7 Å². The van der Waals surface area contributed by atoms with Gasteiger partial charge in [0.25, 0.3) is 0 Å². The third-order valence-corrected chi connectivity index (χ3v) is 4.52. The molecule has 2 N–H and O–H groups in total. The smallest absolute Gasteiger partial charge is 0.144 e. The van der Waals surface area contributed by atoms with Crippen molar-refractivity contribution >= 4 is 21.7 Å². The second kappa shape index (κ2) is 5.10. The molecule has 1 aliphatic rings. The molecule has 1 aliphatic carbocycles. The Labute approximate surface area is 115 Å². The summed E-state index contributed by atoms with van der Waals surface area (Å²) >= 11 is 3.29. The molecule has 1 aromatic carbocycles. The van der Waals surface area contributed by atoms with Crippen LogP contribution in [0, 0.1) is 11.2 Å². The van der Waals surface area contributed by atoms with E-state index in [1.165, 1.54) is 6.07 Å². The molecule has 1 fully saturated rings. The van der Waals surface area contributed by atoms with Gasteiger partial charge in [-0.25, -0.2) is 4.39 Å². The molecule has 0 amide bonds. The average Bonchev–Trinajstić information content (AvgIpc) is 2.66. The molecular formula is C14H17BrFNO. The van der Waals surface area contributed by atoms with E-state index in [-0.39, 0.29) is 24.1 Å². The van der Waals surface area contributed by atoms with Crippen LogP contribution in [0.2, 0.25) is 0 Å². The third-order valence-electron chi connectivity index (χ3n) is 4.03. The van der Waals surface area contributed by atoms with Crippen molar-refractivity contribution in [3.63, 3.8) is 0 Å². The molecule has 2 nitrogen and oxygen atoms in total. The Bertz CT molecular complexity index is 477. The fraction of sp³-hybridized carbons (Fsp3) is 0.500. The molecule has 0 aliphatic heterocycles. The third kappa shape index (κ3) is 2.50. The number of hydrogen-bond donors (Lipinski definition) is 1. The second-order valence-corrected chi connectivity index (χ2v) is 6.17. The number of nitrogens with two attached hydrogens (primary N) is 1. The van der Waals surface area contributed by atoms with E-state index in [4.69, 9.17) is 5.73 Å². The summed E-state index contributed by atoms with van der Waals surface area (Å²) in [6.45, 7) is 1.91. The van der Waals surface area contributed by atoms with Gasteiger partial charge in [0, 0.05) is 22.4 Å². The van der Waals surface area contributed by atoms with Crippen LogP contribution in [0.3, 0.4) is 0 Å². The number of rotatable bonds is 3. The van der Waals surface area contributed by atoms with Crippen molar-refractivity contribution in [1.29, 1.82) is 0 Å². The number of carbonyl (C=O) groups is 1. The van der Waals surface area contributed by atoms with Crippen LogP contribution < -0.4 is 5.73 Å². The average molecular weight is 314 g/mol. The van der Waals surface area contributed by atoms with Crippen LogP contribution in [0.5, 0.6) is 0 Å². The molecule has 0 spiro atoms. The van der Waals surface area contributed by atoms with Crippen LogP contribution in [0.4, 0.5) is 4.39 Å². The molecule has 0 heterocycles. The van der Waals surface area contributed by atoms with Gasteiger partial charge in [-0.05, 0) is 36.6 Å². The zero-order valence-corrected chi connectivity index (χ0v) is 12.0. The Morgan fingerprint density at radius 1 is 1.61 bits per heavy atom. The molecule has 0 aromatic heterocycles. The Kier molecular flexibility index (Phi) is 3.87. The molecule has 1 saturated carbocycles. The first-order valence-corrected chi connectivity index (χ1v) is 6.95. The van der Waals surface area contributed by atoms with Crippen LogP contribution in [0.25, 0.3) is 0 Å². The minimum Gasteiger partial charge on any atom is -0.327 e. The molecule has 1 aromatic rings. The second-order valence-electron chi connectivity index (χ2n) is 5.25. The first kappa shape index (κ1) is 13.7. The van der Waals surface area contributed by atoms with Crippen LogP contribution in [-0.2, 0) is 11.2 Å². The lowest BCUT2D eigenvalue weighted by molar-refractivity contribution is -0.127. The molecule has 0 bridgehead atoms. The number of ketones is 1. The van der Waals surface area contributed by atoms with E-state index >= 15 is 0 Å². The zero-order chi connectivity index (χ0) is 13.3. The van der Waals surface area contributed by atoms with Gasteiger partial charge >= 0.3 is 0 Å². The first-order chi connectivity index (χ1) is 8.43. The predicted octanol–water partition coefficient (Wildman–Crippen LogP) is 3.22. The topological polar surface area (TPSA) is 43.1 Å². The summed E-state index contributed by atoms with van der Waals surface area (Å²) in [7, 11) is 0. The minimum atomic E-state index is -0.491. The van der Waals surface area contributed by atoms with Gasteiger partial charge in [-0.15, -0.1) is 0 Å². The molecule has 98 valence electrons. The Morgan fingerprint density at radius 3 is 2.94 bits per heavy atom. The standard InChI is InChI=1S/C14H17BrFNO/c1-14(6-2-3-12(14)17)13(18)8-9-7-10(15)4-5-11(9)16/h4-5,7,12H,2-3,6,8,17H2,1H3. The first-order valence-electron chi connectivity index (χ1n) is 6.16. The highest BCUT2D eigenvalue weighted by Crippen LogP contribution is 2.38. The van der Waals surface area contributed by atoms with Gasteiger partial charge in [-0.2, -0.15) is 0 Å². The SMILES string of the molecule is CC1(C(=O)Cc2cc(Br)ccc2F)CCCC1N. The lowest BCUT2D eigenvalue weighted by Crippen LogP contribution is -2.42. The van der Waals surface area contributed by atoms with Crippen LogP contribution in [0.15, 0.2) is 22.7 Å². The summed E-state index contributed by atoms with van der Waals surface area (Å²) < 4.78 is 14.4. The van der Waals surface area contributed by atoms with Gasteiger partial charge < -0.3 is 5.73 Å². The van der Waals surface area contributed by atoms with Gasteiger partial charge in [0.05, 0.1) is 0 Å². The van der Waals surface area contributed by atoms with E-state index < -0.39 is 5.41 Å². The van der Waals surface area contributed by atoms with Gasteiger partial charge in [-0.3, -0.25) is 4.79 Å². The van der Waals surface area contributed by atoms with Crippen molar-refractivity contribution in [3.05, 3.63) is 34.1 Å². The number of benzene rings is 1. The van der Waals surface area contributed by atoms with E-state index in [0.29, 0.717) is 5.56 Å². The van der Waals surface area contributed by atoms with E-state index in [2.05, 4.69) is 15.9 Å². The number of Topliss-reactive ketones (excluding diaryl/α,β-unsaturated/α-hetero) is 1. The Balaban J connectivity index is 2.19. The fourth-order valence-electron chi connectivity index (χ4n) is 2.59. The van der Waals surface area contributed by atoms with Crippen molar-refractivity contribution in [1.82, 2.24) is 0 Å². The Morgan fingerprint density at radius 2 is 2.33 bits per heavy atom. The molecule has 2 rings (SSSR count). The van der Waals surface area contributed by atoms with Crippen LogP contribution >= 0.6 is 15.9 Å². The summed E-state index contributed by atoms with van der Waals surface area (Å²) in [6, 6.07) is 4.58. The Hall–Kier alpha value is -0.740. The molecule has 4 heteroatoms. The maximum Gasteiger partial charge on any atom is 0.144 e. The predicted molar refractivity (Wildman–Crippen MR) is 72.7 cm³/mol. The zero-order valence-electron chi connectivity index (χ0n) is 10.4. The van der Waals surface area contributed by atoms with Gasteiger partial charge in [0.2, 0.25) is 0 Å². The van der Waals surface area contributed by atoms with E-state index in [0.717, 1.165) is 23.7 Å². The molecule has 18 heavy (non-hydrogen) atoms. The molecule has 0 saturated heterocycles. The number of halogens is 2. The number of hydrogen-bond acceptors (Lipinski definition) is 2. The van der Waals surface area contributed by atoms with Crippen molar-refractivity contribution in [2.75, 3.05) is 0 Å². The highest BCUT2D eigenvalue weighted by atomic mass is 79.9. The van der Waals surface area contributed by atoms with Crippen molar-refractivity contribution in [2.24, 2.45) is 11.1 Å². The number of carbonyl (C=O) groups excluding carboxylic acids is 1. The normalized spacial score (nSPS) is 27.4. The quantitative estimate of drug-likeness (QED) is 0.931. The summed E-state index contributed by atoms with van der Waals surface area (Å²) in [5.74, 6) is -0.286. The van der Waals surface area contributed by atoms with Crippen molar-refractivity contribution in [3.8, 4) is 0 Å². The summed E-state index contributed by atoms with van der Waals surface area (Å²) in [6.07, 6.45) is 2.78. The van der Waals surface area contributed by atoms with E-state index in [1.807, 2.05) is 6.92 Å². The van der Waals surface area contributed by atoms with E-state index in [1.54, 1.807) is 12.1 Å². The highest BCUT2D eigenvalue weighted by molar-refractivity contribution is 9.10. The largest absolute Gasteiger partial charge is 0.327 e. The fourth-order valence-corrected chi connectivity index (χ4v) is 3.00. The molecule has 0 radical (unpaired) electrons. The molecule has 2 unspecified atom stereocenters. The monoisotopic (exact) mass is 313 g/mol. The van der Waals surface area contributed by atoms with Crippen LogP contribution in [-0.4, -0.2) is 11.8 Å². The van der Waals surface area contributed by atoms with Gasteiger partial charge in [0.1, 0.15) is 11.6 Å². The minimum absolute atomic E-state index is 0.0458. The maximum atomic E-state index is 13.6.